The third kappa shape index (κ3) is 4.79. The monoisotopic (exact) mass is 442 g/mol. The Morgan fingerprint density at radius 1 is 1.39 bits per heavy atom. The van der Waals surface area contributed by atoms with Gasteiger partial charge in [0.15, 0.2) is 9.84 Å². The van der Waals surface area contributed by atoms with Crippen molar-refractivity contribution in [2.45, 2.75) is 18.9 Å². The molecule has 2 amide bonds. The van der Waals surface area contributed by atoms with Crippen molar-refractivity contribution in [1.82, 2.24) is 9.80 Å². The maximum Gasteiger partial charge on any atom is 0.266 e. The second-order valence-electron chi connectivity index (χ2n) is 6.70. The molecule has 2 saturated heterocycles. The first-order valence-corrected chi connectivity index (χ1v) is 11.7. The summed E-state index contributed by atoms with van der Waals surface area (Å²) in [6.45, 7) is 0.133. The topological polar surface area (TPSA) is 74.8 Å². The zero-order valence-electron chi connectivity index (χ0n) is 15.1. The number of hydrogen-bond donors (Lipinski definition) is 0. The molecule has 0 saturated carbocycles. The van der Waals surface area contributed by atoms with Crippen LogP contribution in [0.4, 0.5) is 4.39 Å². The molecular weight excluding hydrogens is 423 g/mol. The van der Waals surface area contributed by atoms with Crippen LogP contribution in [0.25, 0.3) is 6.08 Å². The zero-order valence-corrected chi connectivity index (χ0v) is 17.6. The van der Waals surface area contributed by atoms with Crippen LogP contribution in [0.3, 0.4) is 0 Å². The number of nitrogens with zero attached hydrogens (tertiary/aromatic N) is 2. The van der Waals surface area contributed by atoms with Crippen molar-refractivity contribution in [2.24, 2.45) is 0 Å². The number of carbonyl (C=O) groups is 2. The number of halogens is 1. The molecule has 28 heavy (non-hydrogen) atoms. The number of amides is 2. The van der Waals surface area contributed by atoms with Gasteiger partial charge in [-0.2, -0.15) is 0 Å². The van der Waals surface area contributed by atoms with Crippen molar-refractivity contribution >= 4 is 56.0 Å². The lowest BCUT2D eigenvalue weighted by Crippen LogP contribution is -2.40. The molecule has 2 fully saturated rings. The van der Waals surface area contributed by atoms with E-state index in [0.29, 0.717) is 21.2 Å². The molecule has 0 spiro atoms. The number of sulfone groups is 1. The second kappa shape index (κ2) is 8.30. The fourth-order valence-corrected chi connectivity index (χ4v) is 6.15. The molecule has 150 valence electrons. The van der Waals surface area contributed by atoms with E-state index in [2.05, 4.69) is 0 Å². The molecule has 0 bridgehead atoms. The molecule has 2 aliphatic rings. The average Bonchev–Trinajstić information content (AvgIpc) is 3.13. The second-order valence-corrected chi connectivity index (χ2v) is 10.6. The van der Waals surface area contributed by atoms with Gasteiger partial charge in [0.2, 0.25) is 5.91 Å². The van der Waals surface area contributed by atoms with E-state index in [1.807, 2.05) is 0 Å². The van der Waals surface area contributed by atoms with Crippen molar-refractivity contribution < 1.29 is 22.4 Å². The van der Waals surface area contributed by atoms with Crippen molar-refractivity contribution in [2.75, 3.05) is 25.1 Å². The average molecular weight is 443 g/mol. The fraction of sp³-hybridized carbons (Fsp3) is 0.389. The summed E-state index contributed by atoms with van der Waals surface area (Å²) in [7, 11) is -1.49. The highest BCUT2D eigenvalue weighted by Crippen LogP contribution is 2.32. The van der Waals surface area contributed by atoms with E-state index in [4.69, 9.17) is 12.2 Å². The van der Waals surface area contributed by atoms with Crippen molar-refractivity contribution in [3.05, 3.63) is 40.6 Å². The molecule has 0 N–H and O–H groups in total. The zero-order chi connectivity index (χ0) is 20.5. The van der Waals surface area contributed by atoms with Gasteiger partial charge in [0.1, 0.15) is 10.1 Å². The Labute approximate surface area is 172 Å². The van der Waals surface area contributed by atoms with Gasteiger partial charge >= 0.3 is 0 Å². The minimum atomic E-state index is -3.08. The number of thiocarbonyl (C=S) groups is 1. The fourth-order valence-electron chi connectivity index (χ4n) is 3.07. The normalized spacial score (nSPS) is 22.9. The summed E-state index contributed by atoms with van der Waals surface area (Å²) >= 11 is 6.39. The van der Waals surface area contributed by atoms with Gasteiger partial charge in [0.25, 0.3) is 5.91 Å². The van der Waals surface area contributed by atoms with E-state index in [1.165, 1.54) is 21.9 Å². The Morgan fingerprint density at radius 3 is 2.68 bits per heavy atom. The summed E-state index contributed by atoms with van der Waals surface area (Å²) in [6, 6.07) is 5.43. The lowest BCUT2D eigenvalue weighted by atomic mass is 10.2. The maximum absolute atomic E-state index is 13.0. The number of benzene rings is 1. The summed E-state index contributed by atoms with van der Waals surface area (Å²) in [5.74, 6) is -0.797. The molecular formula is C18H19FN2O4S3. The van der Waals surface area contributed by atoms with Crippen molar-refractivity contribution in [3.63, 3.8) is 0 Å². The Morgan fingerprint density at radius 2 is 2.07 bits per heavy atom. The molecule has 1 atom stereocenters. The molecule has 0 aliphatic carbocycles. The van der Waals surface area contributed by atoms with Gasteiger partial charge in [-0.15, -0.1) is 0 Å². The number of hydrogen-bond acceptors (Lipinski definition) is 6. The largest absolute Gasteiger partial charge is 0.342 e. The number of rotatable bonds is 5. The molecule has 2 heterocycles. The molecule has 2 aliphatic heterocycles. The Hall–Kier alpha value is -1.78. The van der Waals surface area contributed by atoms with Gasteiger partial charge in [-0.05, 0) is 30.2 Å². The van der Waals surface area contributed by atoms with Crippen molar-refractivity contribution in [1.29, 1.82) is 0 Å². The van der Waals surface area contributed by atoms with Gasteiger partial charge in [-0.25, -0.2) is 12.8 Å². The van der Waals surface area contributed by atoms with E-state index >= 15 is 0 Å². The summed E-state index contributed by atoms with van der Waals surface area (Å²) in [5.41, 5.74) is 0.681. The van der Waals surface area contributed by atoms with Gasteiger partial charge in [-0.3, -0.25) is 14.5 Å². The number of carbonyl (C=O) groups excluding carboxylic acids is 2. The van der Waals surface area contributed by atoms with Crippen molar-refractivity contribution in [3.8, 4) is 0 Å². The summed E-state index contributed by atoms with van der Waals surface area (Å²) < 4.78 is 36.5. The standard InChI is InChI=1S/C18H19FN2O4S3/c1-20(14-7-9-28(24,25)11-14)16(22)6-8-21-17(23)15(27-18(21)26)10-12-2-4-13(19)5-3-12/h2-5,10,14H,6-9,11H2,1H3/b15-10+/t14-/m1/s1. The molecule has 3 rings (SSSR count). The Kier molecular flexibility index (Phi) is 6.21. The predicted octanol–water partition coefficient (Wildman–Crippen LogP) is 2.06. The van der Waals surface area contributed by atoms with Crippen LogP contribution in [-0.2, 0) is 19.4 Å². The van der Waals surface area contributed by atoms with Crippen LogP contribution >= 0.6 is 24.0 Å². The minimum Gasteiger partial charge on any atom is -0.342 e. The van der Waals surface area contributed by atoms with E-state index in [1.54, 1.807) is 25.3 Å². The molecule has 1 aromatic rings. The van der Waals surface area contributed by atoms with E-state index in [0.717, 1.165) is 11.8 Å². The molecule has 0 aromatic heterocycles. The highest BCUT2D eigenvalue weighted by molar-refractivity contribution is 8.26. The van der Waals surface area contributed by atoms with Gasteiger partial charge in [0, 0.05) is 26.1 Å². The summed E-state index contributed by atoms with van der Waals surface area (Å²) in [5, 5.41) is 0. The molecule has 6 nitrogen and oxygen atoms in total. The third-order valence-electron chi connectivity index (χ3n) is 4.74. The van der Waals surface area contributed by atoms with Crippen LogP contribution in [0.15, 0.2) is 29.2 Å². The summed E-state index contributed by atoms with van der Waals surface area (Å²) in [4.78, 5) is 28.2. The minimum absolute atomic E-state index is 0.0172. The Bertz CT molecular complexity index is 944. The van der Waals surface area contributed by atoms with Crippen LogP contribution < -0.4 is 0 Å². The third-order valence-corrected chi connectivity index (χ3v) is 7.87. The van der Waals surface area contributed by atoms with Crippen LogP contribution in [0, 0.1) is 5.82 Å². The smallest absolute Gasteiger partial charge is 0.266 e. The first-order chi connectivity index (χ1) is 13.2. The van der Waals surface area contributed by atoms with E-state index in [9.17, 15) is 22.4 Å². The van der Waals surface area contributed by atoms with E-state index in [-0.39, 0.29) is 48.1 Å². The molecule has 1 aromatic carbocycles. The van der Waals surface area contributed by atoms with Gasteiger partial charge in [-0.1, -0.05) is 36.1 Å². The van der Waals surface area contributed by atoms with Crippen LogP contribution in [0.1, 0.15) is 18.4 Å². The van der Waals surface area contributed by atoms with Gasteiger partial charge < -0.3 is 4.90 Å². The first-order valence-electron chi connectivity index (χ1n) is 8.63. The van der Waals surface area contributed by atoms with Crippen LogP contribution in [0.5, 0.6) is 0 Å². The molecule has 0 unspecified atom stereocenters. The summed E-state index contributed by atoms with van der Waals surface area (Å²) in [6.07, 6.45) is 2.13. The van der Waals surface area contributed by atoms with Gasteiger partial charge in [0.05, 0.1) is 16.4 Å². The van der Waals surface area contributed by atoms with E-state index < -0.39 is 9.84 Å². The molecule has 10 heteroatoms. The first kappa shape index (κ1) is 20.9. The lowest BCUT2D eigenvalue weighted by Gasteiger charge is -2.24. The SMILES string of the molecule is CN(C(=O)CCN1C(=O)/C(=C\c2ccc(F)cc2)SC1=S)[C@@H]1CCS(=O)(=O)C1. The van der Waals surface area contributed by atoms with Crippen LogP contribution in [-0.4, -0.2) is 65.5 Å². The lowest BCUT2D eigenvalue weighted by molar-refractivity contribution is -0.132. The maximum atomic E-state index is 13.0. The Balaban J connectivity index is 1.60. The highest BCUT2D eigenvalue weighted by atomic mass is 32.2. The number of thioether (sulfide) groups is 1. The quantitative estimate of drug-likeness (QED) is 0.513. The van der Waals surface area contributed by atoms with Crippen LogP contribution in [0.2, 0.25) is 0 Å². The predicted molar refractivity (Wildman–Crippen MR) is 111 cm³/mol. The molecule has 0 radical (unpaired) electrons. The highest BCUT2D eigenvalue weighted by Gasteiger charge is 2.35.